The third kappa shape index (κ3) is 4.52. The monoisotopic (exact) mass is 392 g/mol. The van der Waals surface area contributed by atoms with E-state index in [9.17, 15) is 9.59 Å². The number of ketones is 1. The first-order chi connectivity index (χ1) is 14.0. The third-order valence-corrected chi connectivity index (χ3v) is 6.71. The van der Waals surface area contributed by atoms with Crippen molar-refractivity contribution in [3.63, 3.8) is 0 Å². The van der Waals surface area contributed by atoms with Gasteiger partial charge in [0.25, 0.3) is 5.56 Å². The summed E-state index contributed by atoms with van der Waals surface area (Å²) >= 11 is 0. The highest BCUT2D eigenvalue weighted by molar-refractivity contribution is 5.96. The maximum absolute atomic E-state index is 12.8. The quantitative estimate of drug-likeness (QED) is 0.653. The van der Waals surface area contributed by atoms with Gasteiger partial charge in [0, 0.05) is 18.1 Å². The van der Waals surface area contributed by atoms with Crippen molar-refractivity contribution in [3.05, 3.63) is 63.1 Å². The summed E-state index contributed by atoms with van der Waals surface area (Å²) in [5.41, 5.74) is 4.22. The Morgan fingerprint density at radius 1 is 1.10 bits per heavy atom. The molecule has 0 radical (unpaired) electrons. The van der Waals surface area contributed by atoms with Crippen LogP contribution < -0.4 is 5.56 Å². The van der Waals surface area contributed by atoms with E-state index in [4.69, 9.17) is 5.10 Å². The lowest BCUT2D eigenvalue weighted by Crippen LogP contribution is -2.32. The normalized spacial score (nSPS) is 19.9. The summed E-state index contributed by atoms with van der Waals surface area (Å²) in [5, 5.41) is 4.75. The van der Waals surface area contributed by atoms with Crippen molar-refractivity contribution in [1.82, 2.24) is 9.78 Å². The second-order valence-corrected chi connectivity index (χ2v) is 9.20. The number of aromatic nitrogens is 2. The zero-order valence-electron chi connectivity index (χ0n) is 17.7. The Morgan fingerprint density at radius 3 is 2.52 bits per heavy atom. The van der Waals surface area contributed by atoms with Crippen LogP contribution in [0.5, 0.6) is 0 Å². The molecular formula is C25H32N2O2. The maximum Gasteiger partial charge on any atom is 0.267 e. The van der Waals surface area contributed by atoms with Crippen molar-refractivity contribution < 1.29 is 4.79 Å². The van der Waals surface area contributed by atoms with E-state index in [1.807, 2.05) is 12.1 Å². The zero-order valence-corrected chi connectivity index (χ0v) is 17.7. The van der Waals surface area contributed by atoms with E-state index in [1.165, 1.54) is 24.8 Å². The highest BCUT2D eigenvalue weighted by Gasteiger charge is 2.25. The molecule has 29 heavy (non-hydrogen) atoms. The van der Waals surface area contributed by atoms with Crippen LogP contribution in [0.25, 0.3) is 0 Å². The van der Waals surface area contributed by atoms with E-state index in [1.54, 1.807) is 10.7 Å². The number of carbonyl (C=O) groups is 1. The van der Waals surface area contributed by atoms with Crippen LogP contribution >= 0.6 is 0 Å². The van der Waals surface area contributed by atoms with Gasteiger partial charge in [-0.15, -0.1) is 0 Å². The molecule has 4 nitrogen and oxygen atoms in total. The van der Waals surface area contributed by atoms with Crippen LogP contribution in [0.1, 0.15) is 97.9 Å². The highest BCUT2D eigenvalue weighted by Crippen LogP contribution is 2.30. The first-order valence-corrected chi connectivity index (χ1v) is 11.3. The average Bonchev–Trinajstić information content (AvgIpc) is 2.74. The van der Waals surface area contributed by atoms with Gasteiger partial charge in [-0.05, 0) is 55.1 Å². The van der Waals surface area contributed by atoms with Crippen LogP contribution in [0.2, 0.25) is 0 Å². The summed E-state index contributed by atoms with van der Waals surface area (Å²) in [6.45, 7) is 4.32. The van der Waals surface area contributed by atoms with Gasteiger partial charge in [-0.2, -0.15) is 5.10 Å². The molecular weight excluding hydrogens is 360 g/mol. The average molecular weight is 393 g/mol. The van der Waals surface area contributed by atoms with E-state index in [2.05, 4.69) is 26.0 Å². The SMILES string of the molecule is CC(C)c1ccc(C(=O)CC2CCc3nn(C4CCCCC4)c(=O)cc3C2)cc1. The zero-order chi connectivity index (χ0) is 20.4. The summed E-state index contributed by atoms with van der Waals surface area (Å²) in [6.07, 6.45) is 8.97. The largest absolute Gasteiger partial charge is 0.294 e. The first-order valence-electron chi connectivity index (χ1n) is 11.3. The fourth-order valence-corrected chi connectivity index (χ4v) is 4.88. The van der Waals surface area contributed by atoms with Crippen LogP contribution in [0.3, 0.4) is 0 Å². The van der Waals surface area contributed by atoms with Crippen molar-refractivity contribution in [2.24, 2.45) is 5.92 Å². The third-order valence-electron chi connectivity index (χ3n) is 6.71. The lowest BCUT2D eigenvalue weighted by molar-refractivity contribution is 0.0957. The summed E-state index contributed by atoms with van der Waals surface area (Å²) in [7, 11) is 0. The van der Waals surface area contributed by atoms with Gasteiger partial charge in [-0.3, -0.25) is 9.59 Å². The fourth-order valence-electron chi connectivity index (χ4n) is 4.88. The molecule has 2 aromatic rings. The van der Waals surface area contributed by atoms with Crippen LogP contribution in [0, 0.1) is 5.92 Å². The van der Waals surface area contributed by atoms with Crippen LogP contribution in [-0.2, 0) is 12.8 Å². The molecule has 4 heteroatoms. The van der Waals surface area contributed by atoms with Crippen molar-refractivity contribution in [1.29, 1.82) is 0 Å². The van der Waals surface area contributed by atoms with Gasteiger partial charge in [-0.1, -0.05) is 57.4 Å². The predicted octanol–water partition coefficient (Wildman–Crippen LogP) is 5.25. The van der Waals surface area contributed by atoms with E-state index in [0.717, 1.165) is 48.9 Å². The summed E-state index contributed by atoms with van der Waals surface area (Å²) in [6, 6.07) is 10.1. The van der Waals surface area contributed by atoms with E-state index >= 15 is 0 Å². The summed E-state index contributed by atoms with van der Waals surface area (Å²) in [5.74, 6) is 0.975. The lowest BCUT2D eigenvalue weighted by Gasteiger charge is -2.27. The Morgan fingerprint density at radius 2 is 1.83 bits per heavy atom. The Bertz CT molecular complexity index is 921. The molecule has 4 rings (SSSR count). The Labute approximate surface area is 173 Å². The van der Waals surface area contributed by atoms with Gasteiger partial charge in [0.05, 0.1) is 11.7 Å². The summed E-state index contributed by atoms with van der Waals surface area (Å²) in [4.78, 5) is 25.4. The van der Waals surface area contributed by atoms with Crippen LogP contribution in [0.4, 0.5) is 0 Å². The maximum atomic E-state index is 12.8. The molecule has 1 heterocycles. The van der Waals surface area contributed by atoms with Crippen LogP contribution in [0.15, 0.2) is 35.1 Å². The highest BCUT2D eigenvalue weighted by atomic mass is 16.1. The molecule has 1 unspecified atom stereocenters. The first kappa shape index (κ1) is 20.1. The number of hydrogen-bond donors (Lipinski definition) is 0. The molecule has 0 N–H and O–H groups in total. The molecule has 2 aliphatic rings. The molecule has 1 aromatic carbocycles. The van der Waals surface area contributed by atoms with Crippen molar-refractivity contribution in [2.45, 2.75) is 83.6 Å². The van der Waals surface area contributed by atoms with Gasteiger partial charge in [0.1, 0.15) is 0 Å². The van der Waals surface area contributed by atoms with Gasteiger partial charge < -0.3 is 0 Å². The second-order valence-electron chi connectivity index (χ2n) is 9.20. The van der Waals surface area contributed by atoms with Crippen molar-refractivity contribution in [3.8, 4) is 0 Å². The molecule has 154 valence electrons. The number of Topliss-reactive ketones (excluding diaryl/α,β-unsaturated/α-hetero) is 1. The van der Waals surface area contributed by atoms with Gasteiger partial charge in [-0.25, -0.2) is 4.68 Å². The van der Waals surface area contributed by atoms with Gasteiger partial charge in [0.2, 0.25) is 0 Å². The van der Waals surface area contributed by atoms with Gasteiger partial charge in [0.15, 0.2) is 5.78 Å². The Kier molecular flexibility index (Phi) is 5.98. The molecule has 0 aliphatic heterocycles. The molecule has 2 aliphatic carbocycles. The Balaban J connectivity index is 1.43. The minimum absolute atomic E-state index is 0.0342. The fraction of sp³-hybridized carbons (Fsp3) is 0.560. The molecule has 0 bridgehead atoms. The van der Waals surface area contributed by atoms with E-state index < -0.39 is 0 Å². The predicted molar refractivity (Wildman–Crippen MR) is 116 cm³/mol. The standard InChI is InChI=1S/C25H32N2O2/c1-17(2)19-9-11-20(12-10-19)24(28)15-18-8-13-23-21(14-18)16-25(29)27(26-23)22-6-4-3-5-7-22/h9-12,16-18,22H,3-8,13-15H2,1-2H3. The van der Waals surface area contributed by atoms with Crippen molar-refractivity contribution in [2.75, 3.05) is 0 Å². The molecule has 0 spiro atoms. The summed E-state index contributed by atoms with van der Waals surface area (Å²) < 4.78 is 1.75. The van der Waals surface area contributed by atoms with E-state index in [-0.39, 0.29) is 17.4 Å². The van der Waals surface area contributed by atoms with Crippen LogP contribution in [-0.4, -0.2) is 15.6 Å². The number of benzene rings is 1. The molecule has 1 atom stereocenters. The molecule has 0 amide bonds. The minimum Gasteiger partial charge on any atom is -0.294 e. The second kappa shape index (κ2) is 8.64. The molecule has 1 fully saturated rings. The molecule has 0 saturated heterocycles. The number of carbonyl (C=O) groups excluding carboxylic acids is 1. The Hall–Kier alpha value is -2.23. The topological polar surface area (TPSA) is 52.0 Å². The number of aryl methyl sites for hydroxylation is 1. The molecule has 1 saturated carbocycles. The lowest BCUT2D eigenvalue weighted by atomic mass is 9.83. The molecule has 1 aromatic heterocycles. The minimum atomic E-state index is 0.0342. The number of fused-ring (bicyclic) bond motifs is 1. The van der Waals surface area contributed by atoms with E-state index in [0.29, 0.717) is 18.3 Å². The van der Waals surface area contributed by atoms with Crippen molar-refractivity contribution >= 4 is 5.78 Å². The number of rotatable bonds is 5. The number of nitrogens with zero attached hydrogens (tertiary/aromatic N) is 2. The number of hydrogen-bond acceptors (Lipinski definition) is 3. The smallest absolute Gasteiger partial charge is 0.267 e. The van der Waals surface area contributed by atoms with Gasteiger partial charge >= 0.3 is 0 Å².